The first-order chi connectivity index (χ1) is 9.85. The zero-order chi connectivity index (χ0) is 14.2. The van der Waals surface area contributed by atoms with Gasteiger partial charge in [0.25, 0.3) is 0 Å². The van der Waals surface area contributed by atoms with Gasteiger partial charge in [0, 0.05) is 6.54 Å². The minimum atomic E-state index is -0.178. The van der Waals surface area contributed by atoms with Crippen LogP contribution in [0.15, 0.2) is 60.7 Å². The van der Waals surface area contributed by atoms with Crippen molar-refractivity contribution in [3.05, 3.63) is 71.8 Å². The van der Waals surface area contributed by atoms with E-state index in [9.17, 15) is 0 Å². The average Bonchev–Trinajstić information content (AvgIpc) is 2.53. The molecule has 0 radical (unpaired) electrons. The monoisotopic (exact) mass is 259 g/mol. The molecule has 0 saturated heterocycles. The Balaban J connectivity index is 2.08. The van der Waals surface area contributed by atoms with Crippen molar-refractivity contribution in [3.8, 4) is 24.7 Å². The third-order valence-corrected chi connectivity index (χ3v) is 3.22. The second-order valence-electron chi connectivity index (χ2n) is 4.57. The fourth-order valence-corrected chi connectivity index (χ4v) is 2.14. The maximum atomic E-state index is 5.66. The van der Waals surface area contributed by atoms with E-state index in [0.717, 1.165) is 5.56 Å². The van der Waals surface area contributed by atoms with Gasteiger partial charge in [0.15, 0.2) is 0 Å². The summed E-state index contributed by atoms with van der Waals surface area (Å²) in [4.78, 5) is 0. The van der Waals surface area contributed by atoms with Gasteiger partial charge < -0.3 is 0 Å². The van der Waals surface area contributed by atoms with Crippen molar-refractivity contribution in [3.63, 3.8) is 0 Å². The van der Waals surface area contributed by atoms with Gasteiger partial charge in [-0.2, -0.15) is 0 Å². The van der Waals surface area contributed by atoms with Crippen LogP contribution in [0.25, 0.3) is 0 Å². The summed E-state index contributed by atoms with van der Waals surface area (Å²) in [5.41, 5.74) is 2.26. The van der Waals surface area contributed by atoms with E-state index in [1.54, 1.807) is 0 Å². The first kappa shape index (κ1) is 13.9. The summed E-state index contributed by atoms with van der Waals surface area (Å²) in [5.74, 6) is 5.45. The number of hydrogen-bond acceptors (Lipinski definition) is 1. The SMILES string of the molecule is C#CC(NCc1ccccc1)C(C#C)c1ccccc1. The molecular formula is C19H17N. The lowest BCUT2D eigenvalue weighted by atomic mass is 9.92. The molecule has 0 saturated carbocycles. The van der Waals surface area contributed by atoms with E-state index in [1.807, 2.05) is 48.5 Å². The van der Waals surface area contributed by atoms with Crippen LogP contribution in [0.1, 0.15) is 17.0 Å². The van der Waals surface area contributed by atoms with Gasteiger partial charge in [0.1, 0.15) is 0 Å². The molecule has 1 N–H and O–H groups in total. The van der Waals surface area contributed by atoms with Crippen molar-refractivity contribution in [1.29, 1.82) is 0 Å². The van der Waals surface area contributed by atoms with Crippen LogP contribution in [0.2, 0.25) is 0 Å². The summed E-state index contributed by atoms with van der Waals surface area (Å²) in [6, 6.07) is 19.9. The fraction of sp³-hybridized carbons (Fsp3) is 0.158. The Bertz CT molecular complexity index is 602. The van der Waals surface area contributed by atoms with E-state index in [1.165, 1.54) is 5.56 Å². The van der Waals surface area contributed by atoms with Gasteiger partial charge in [0.2, 0.25) is 0 Å². The zero-order valence-electron chi connectivity index (χ0n) is 11.3. The molecule has 1 nitrogen and oxygen atoms in total. The summed E-state index contributed by atoms with van der Waals surface area (Å²) >= 11 is 0. The van der Waals surface area contributed by atoms with E-state index in [2.05, 4.69) is 29.3 Å². The van der Waals surface area contributed by atoms with Crippen LogP contribution in [-0.2, 0) is 6.54 Å². The molecule has 1 heteroatoms. The Morgan fingerprint density at radius 2 is 1.45 bits per heavy atom. The van der Waals surface area contributed by atoms with E-state index in [0.29, 0.717) is 6.54 Å². The van der Waals surface area contributed by atoms with Crippen LogP contribution in [0, 0.1) is 24.7 Å². The second-order valence-corrected chi connectivity index (χ2v) is 4.57. The van der Waals surface area contributed by atoms with Crippen LogP contribution in [0.4, 0.5) is 0 Å². The fourth-order valence-electron chi connectivity index (χ4n) is 2.14. The maximum Gasteiger partial charge on any atom is 0.0870 e. The highest BCUT2D eigenvalue weighted by Crippen LogP contribution is 2.18. The molecule has 0 aliphatic carbocycles. The van der Waals surface area contributed by atoms with Gasteiger partial charge in [0.05, 0.1) is 12.0 Å². The van der Waals surface area contributed by atoms with Gasteiger partial charge in [-0.05, 0) is 11.1 Å². The first-order valence-corrected chi connectivity index (χ1v) is 6.59. The van der Waals surface area contributed by atoms with Crippen molar-refractivity contribution in [2.75, 3.05) is 0 Å². The molecule has 0 amide bonds. The van der Waals surface area contributed by atoms with E-state index in [4.69, 9.17) is 12.8 Å². The number of benzene rings is 2. The third-order valence-electron chi connectivity index (χ3n) is 3.22. The standard InChI is InChI=1S/C19H17N/c1-3-18(17-13-9-6-10-14-17)19(4-2)20-15-16-11-7-5-8-12-16/h1-2,5-14,18-20H,15H2. The molecule has 0 aliphatic heterocycles. The zero-order valence-corrected chi connectivity index (χ0v) is 11.3. The molecule has 0 aliphatic rings. The van der Waals surface area contributed by atoms with Crippen molar-refractivity contribution >= 4 is 0 Å². The molecule has 2 unspecified atom stereocenters. The largest absolute Gasteiger partial charge is 0.298 e. The molecule has 0 aromatic heterocycles. The van der Waals surface area contributed by atoms with Crippen molar-refractivity contribution in [2.24, 2.45) is 0 Å². The van der Waals surface area contributed by atoms with E-state index < -0.39 is 0 Å². The number of terminal acetylenes is 2. The minimum Gasteiger partial charge on any atom is -0.298 e. The Labute approximate surface area is 121 Å². The van der Waals surface area contributed by atoms with Gasteiger partial charge in [-0.15, -0.1) is 12.8 Å². The minimum absolute atomic E-state index is 0.120. The molecule has 0 fully saturated rings. The lowest BCUT2D eigenvalue weighted by Crippen LogP contribution is -2.32. The normalized spacial score (nSPS) is 12.9. The average molecular weight is 259 g/mol. The summed E-state index contributed by atoms with van der Waals surface area (Å²) in [5, 5.41) is 3.36. The Kier molecular flexibility index (Phi) is 5.01. The lowest BCUT2D eigenvalue weighted by molar-refractivity contribution is 0.572. The van der Waals surface area contributed by atoms with Gasteiger partial charge in [-0.25, -0.2) is 0 Å². The van der Waals surface area contributed by atoms with Crippen molar-refractivity contribution in [2.45, 2.75) is 18.5 Å². The highest BCUT2D eigenvalue weighted by atomic mass is 14.9. The molecule has 2 rings (SSSR count). The topological polar surface area (TPSA) is 12.0 Å². The first-order valence-electron chi connectivity index (χ1n) is 6.59. The molecule has 0 bridgehead atoms. The molecule has 2 aromatic carbocycles. The predicted molar refractivity (Wildman–Crippen MR) is 83.9 cm³/mol. The van der Waals surface area contributed by atoms with Gasteiger partial charge in [-0.1, -0.05) is 72.5 Å². The predicted octanol–water partition coefficient (Wildman–Crippen LogP) is 3.20. The molecule has 2 aromatic rings. The van der Waals surface area contributed by atoms with Crippen LogP contribution in [-0.4, -0.2) is 6.04 Å². The third kappa shape index (κ3) is 3.51. The molecule has 0 spiro atoms. The summed E-state index contributed by atoms with van der Waals surface area (Å²) in [7, 11) is 0. The summed E-state index contributed by atoms with van der Waals surface area (Å²) in [6.07, 6.45) is 11.3. The maximum absolute atomic E-state index is 5.66. The van der Waals surface area contributed by atoms with Gasteiger partial charge >= 0.3 is 0 Å². The quantitative estimate of drug-likeness (QED) is 0.813. The van der Waals surface area contributed by atoms with Crippen molar-refractivity contribution < 1.29 is 0 Å². The number of hydrogen-bond donors (Lipinski definition) is 1. The van der Waals surface area contributed by atoms with Crippen LogP contribution < -0.4 is 5.32 Å². The van der Waals surface area contributed by atoms with Crippen molar-refractivity contribution in [1.82, 2.24) is 5.32 Å². The molecule has 2 atom stereocenters. The molecule has 20 heavy (non-hydrogen) atoms. The summed E-state index contributed by atoms with van der Waals surface area (Å²) in [6.45, 7) is 0.709. The molecule has 0 heterocycles. The van der Waals surface area contributed by atoms with E-state index in [-0.39, 0.29) is 12.0 Å². The van der Waals surface area contributed by atoms with Crippen LogP contribution in [0.3, 0.4) is 0 Å². The van der Waals surface area contributed by atoms with Crippen LogP contribution in [0.5, 0.6) is 0 Å². The Morgan fingerprint density at radius 3 is 2.00 bits per heavy atom. The molecule has 98 valence electrons. The smallest absolute Gasteiger partial charge is 0.0870 e. The van der Waals surface area contributed by atoms with E-state index >= 15 is 0 Å². The molecular weight excluding hydrogens is 242 g/mol. The Morgan fingerprint density at radius 1 is 0.850 bits per heavy atom. The Hall–Kier alpha value is -2.48. The lowest BCUT2D eigenvalue weighted by Gasteiger charge is -2.20. The summed E-state index contributed by atoms with van der Waals surface area (Å²) < 4.78 is 0. The number of rotatable bonds is 5. The van der Waals surface area contributed by atoms with Gasteiger partial charge in [-0.3, -0.25) is 5.32 Å². The highest BCUT2D eigenvalue weighted by molar-refractivity contribution is 5.32. The van der Waals surface area contributed by atoms with Crippen LogP contribution >= 0.6 is 0 Å². The second kappa shape index (κ2) is 7.19. The highest BCUT2D eigenvalue weighted by Gasteiger charge is 2.18. The number of nitrogens with one attached hydrogen (secondary N) is 1.